The third-order valence-electron chi connectivity index (χ3n) is 2.07. The van der Waals surface area contributed by atoms with Gasteiger partial charge in [-0.2, -0.15) is 5.26 Å². The third-order valence-corrected chi connectivity index (χ3v) is 2.07. The van der Waals surface area contributed by atoms with Crippen molar-refractivity contribution in [2.45, 2.75) is 6.42 Å². The highest BCUT2D eigenvalue weighted by Gasteiger charge is 2.19. The highest BCUT2D eigenvalue weighted by Crippen LogP contribution is 2.15. The SMILES string of the molecule is N#CC1=C2NCCCN2CC=N1. The van der Waals surface area contributed by atoms with Gasteiger partial charge >= 0.3 is 0 Å². The summed E-state index contributed by atoms with van der Waals surface area (Å²) in [6, 6.07) is 2.08. The maximum atomic E-state index is 8.74. The Labute approximate surface area is 71.2 Å². The van der Waals surface area contributed by atoms with E-state index >= 15 is 0 Å². The molecule has 0 saturated carbocycles. The van der Waals surface area contributed by atoms with Crippen molar-refractivity contribution in [2.75, 3.05) is 19.6 Å². The van der Waals surface area contributed by atoms with Crippen molar-refractivity contribution in [3.8, 4) is 6.07 Å². The van der Waals surface area contributed by atoms with E-state index in [0.29, 0.717) is 5.70 Å². The average molecular weight is 162 g/mol. The summed E-state index contributed by atoms with van der Waals surface area (Å²) in [6.07, 6.45) is 2.92. The molecule has 4 heteroatoms. The van der Waals surface area contributed by atoms with Crippen LogP contribution in [0.2, 0.25) is 0 Å². The van der Waals surface area contributed by atoms with Crippen LogP contribution in [0.3, 0.4) is 0 Å². The van der Waals surface area contributed by atoms with Gasteiger partial charge < -0.3 is 10.2 Å². The average Bonchev–Trinajstić information content (AvgIpc) is 2.17. The van der Waals surface area contributed by atoms with Crippen molar-refractivity contribution in [2.24, 2.45) is 4.99 Å². The molecule has 0 aromatic carbocycles. The van der Waals surface area contributed by atoms with Gasteiger partial charge in [-0.3, -0.25) is 0 Å². The molecule has 1 N–H and O–H groups in total. The van der Waals surface area contributed by atoms with Crippen molar-refractivity contribution in [3.63, 3.8) is 0 Å². The lowest BCUT2D eigenvalue weighted by molar-refractivity contribution is 0.309. The minimum atomic E-state index is 0.515. The second kappa shape index (κ2) is 2.86. The Morgan fingerprint density at radius 3 is 3.42 bits per heavy atom. The summed E-state index contributed by atoms with van der Waals surface area (Å²) in [5.74, 6) is 0.909. The lowest BCUT2D eigenvalue weighted by Crippen LogP contribution is -2.42. The number of aliphatic imine (C=N–C) groups is 1. The lowest BCUT2D eigenvalue weighted by atomic mass is 10.2. The molecule has 0 radical (unpaired) electrons. The molecule has 0 aromatic heterocycles. The van der Waals surface area contributed by atoms with Gasteiger partial charge in [-0.15, -0.1) is 0 Å². The summed E-state index contributed by atoms with van der Waals surface area (Å²) in [5.41, 5.74) is 0.515. The molecule has 12 heavy (non-hydrogen) atoms. The van der Waals surface area contributed by atoms with Crippen LogP contribution in [0.15, 0.2) is 16.5 Å². The Balaban J connectivity index is 2.32. The molecule has 4 nitrogen and oxygen atoms in total. The fourth-order valence-corrected chi connectivity index (χ4v) is 1.49. The molecule has 0 atom stereocenters. The third kappa shape index (κ3) is 1.03. The van der Waals surface area contributed by atoms with Crippen molar-refractivity contribution in [1.82, 2.24) is 10.2 Å². The number of fused-ring (bicyclic) bond motifs is 1. The zero-order valence-electron chi connectivity index (χ0n) is 6.75. The zero-order chi connectivity index (χ0) is 8.39. The van der Waals surface area contributed by atoms with Crippen molar-refractivity contribution >= 4 is 6.21 Å². The quantitative estimate of drug-likeness (QED) is 0.548. The first kappa shape index (κ1) is 7.17. The topological polar surface area (TPSA) is 51.4 Å². The van der Waals surface area contributed by atoms with Crippen LogP contribution in [0.25, 0.3) is 0 Å². The van der Waals surface area contributed by atoms with E-state index < -0.39 is 0 Å². The number of nitrogens with one attached hydrogen (secondary N) is 1. The molecule has 0 amide bonds. The molecular weight excluding hydrogens is 152 g/mol. The van der Waals surface area contributed by atoms with E-state index in [1.165, 1.54) is 0 Å². The fraction of sp³-hybridized carbons (Fsp3) is 0.500. The normalized spacial score (nSPS) is 21.4. The summed E-state index contributed by atoms with van der Waals surface area (Å²) in [5, 5.41) is 11.9. The molecule has 2 rings (SSSR count). The van der Waals surface area contributed by atoms with E-state index in [2.05, 4.69) is 21.3 Å². The van der Waals surface area contributed by atoms with Crippen molar-refractivity contribution < 1.29 is 0 Å². The minimum Gasteiger partial charge on any atom is -0.369 e. The molecule has 0 unspecified atom stereocenters. The lowest BCUT2D eigenvalue weighted by Gasteiger charge is -2.33. The number of hydrogen-bond donors (Lipinski definition) is 1. The number of nitrogens with zero attached hydrogens (tertiary/aromatic N) is 3. The van der Waals surface area contributed by atoms with Crippen molar-refractivity contribution in [1.29, 1.82) is 5.26 Å². The molecular formula is C8H10N4. The van der Waals surface area contributed by atoms with E-state index in [4.69, 9.17) is 5.26 Å². The number of hydrogen-bond acceptors (Lipinski definition) is 4. The molecule has 62 valence electrons. The van der Waals surface area contributed by atoms with Crippen LogP contribution < -0.4 is 5.32 Å². The number of rotatable bonds is 0. The summed E-state index contributed by atoms with van der Waals surface area (Å²) < 4.78 is 0. The standard InChI is InChI=1S/C8H10N4/c9-6-7-8-11-2-1-4-12(8)5-3-10-7/h3,11H,1-2,4-5H2. The summed E-state index contributed by atoms with van der Waals surface area (Å²) in [4.78, 5) is 6.17. The Bertz CT molecular complexity index is 284. The number of nitriles is 1. The van der Waals surface area contributed by atoms with Gasteiger partial charge in [0.2, 0.25) is 0 Å². The maximum absolute atomic E-state index is 8.74. The van der Waals surface area contributed by atoms with Crippen LogP contribution in [0.5, 0.6) is 0 Å². The van der Waals surface area contributed by atoms with Gasteiger partial charge in [-0.1, -0.05) is 0 Å². The first-order chi connectivity index (χ1) is 5.92. The van der Waals surface area contributed by atoms with E-state index in [1.807, 2.05) is 0 Å². The smallest absolute Gasteiger partial charge is 0.180 e. The molecule has 2 aliphatic heterocycles. The van der Waals surface area contributed by atoms with E-state index in [9.17, 15) is 0 Å². The van der Waals surface area contributed by atoms with Crippen LogP contribution in [0, 0.1) is 11.3 Å². The largest absolute Gasteiger partial charge is 0.369 e. The van der Waals surface area contributed by atoms with Crippen LogP contribution >= 0.6 is 0 Å². The van der Waals surface area contributed by atoms with Gasteiger partial charge in [-0.25, -0.2) is 4.99 Å². The van der Waals surface area contributed by atoms with Gasteiger partial charge in [0.1, 0.15) is 11.9 Å². The second-order valence-electron chi connectivity index (χ2n) is 2.85. The molecule has 0 aromatic rings. The van der Waals surface area contributed by atoms with Crippen LogP contribution in [-0.4, -0.2) is 30.7 Å². The van der Waals surface area contributed by atoms with Crippen LogP contribution in [-0.2, 0) is 0 Å². The predicted octanol–water partition coefficient (Wildman–Crippen LogP) is 0.0588. The number of allylic oxidation sites excluding steroid dienone is 1. The fourth-order valence-electron chi connectivity index (χ4n) is 1.49. The van der Waals surface area contributed by atoms with E-state index in [-0.39, 0.29) is 0 Å². The monoisotopic (exact) mass is 162 g/mol. The first-order valence-electron chi connectivity index (χ1n) is 4.07. The first-order valence-corrected chi connectivity index (χ1v) is 4.07. The van der Waals surface area contributed by atoms with Crippen LogP contribution in [0.1, 0.15) is 6.42 Å². The minimum absolute atomic E-state index is 0.515. The van der Waals surface area contributed by atoms with Gasteiger partial charge in [0, 0.05) is 19.3 Å². The van der Waals surface area contributed by atoms with Gasteiger partial charge in [0.05, 0.1) is 6.54 Å². The van der Waals surface area contributed by atoms with E-state index in [1.54, 1.807) is 6.21 Å². The summed E-state index contributed by atoms with van der Waals surface area (Å²) >= 11 is 0. The Hall–Kier alpha value is -1.50. The molecule has 0 bridgehead atoms. The van der Waals surface area contributed by atoms with Gasteiger partial charge in [0.25, 0.3) is 0 Å². The highest BCUT2D eigenvalue weighted by molar-refractivity contribution is 5.65. The van der Waals surface area contributed by atoms with Crippen molar-refractivity contribution in [3.05, 3.63) is 11.5 Å². The zero-order valence-corrected chi connectivity index (χ0v) is 6.75. The molecule has 1 fully saturated rings. The highest BCUT2D eigenvalue weighted by atomic mass is 15.3. The molecule has 0 spiro atoms. The van der Waals surface area contributed by atoms with Crippen LogP contribution in [0.4, 0.5) is 0 Å². The Morgan fingerprint density at radius 1 is 1.67 bits per heavy atom. The molecule has 2 aliphatic rings. The Morgan fingerprint density at radius 2 is 2.58 bits per heavy atom. The molecule has 0 aliphatic carbocycles. The predicted molar refractivity (Wildman–Crippen MR) is 45.3 cm³/mol. The second-order valence-corrected chi connectivity index (χ2v) is 2.85. The summed E-state index contributed by atoms with van der Waals surface area (Å²) in [6.45, 7) is 2.81. The Kier molecular flexibility index (Phi) is 1.71. The van der Waals surface area contributed by atoms with Gasteiger partial charge in [0.15, 0.2) is 5.70 Å². The van der Waals surface area contributed by atoms with E-state index in [0.717, 1.165) is 31.9 Å². The van der Waals surface area contributed by atoms with Gasteiger partial charge in [-0.05, 0) is 6.42 Å². The molecule has 2 heterocycles. The summed E-state index contributed by atoms with van der Waals surface area (Å²) in [7, 11) is 0. The maximum Gasteiger partial charge on any atom is 0.180 e. The molecule has 1 saturated heterocycles.